The van der Waals surface area contributed by atoms with Crippen LogP contribution >= 0.6 is 0 Å². The van der Waals surface area contributed by atoms with Gasteiger partial charge in [0.05, 0.1) is 0 Å². The van der Waals surface area contributed by atoms with E-state index in [0.717, 1.165) is 19.0 Å². The summed E-state index contributed by atoms with van der Waals surface area (Å²) in [6, 6.07) is 0. The number of nitrogens with one attached hydrogen (secondary N) is 2. The summed E-state index contributed by atoms with van der Waals surface area (Å²) in [7, 11) is 0. The minimum absolute atomic E-state index is 0.244. The molecular formula is C14H32N2. The Bertz CT molecular complexity index is 149. The molecular weight excluding hydrogens is 196 g/mol. The molecule has 2 heteroatoms. The van der Waals surface area contributed by atoms with Crippen LogP contribution in [0.3, 0.4) is 0 Å². The summed E-state index contributed by atoms with van der Waals surface area (Å²) in [6.07, 6.45) is 5.38. The van der Waals surface area contributed by atoms with Crippen molar-refractivity contribution in [2.45, 2.75) is 65.8 Å². The summed E-state index contributed by atoms with van der Waals surface area (Å²) >= 11 is 0. The van der Waals surface area contributed by atoms with Crippen molar-refractivity contribution in [3.05, 3.63) is 0 Å². The van der Waals surface area contributed by atoms with E-state index in [2.05, 4.69) is 45.3 Å². The number of rotatable bonds is 9. The maximum Gasteiger partial charge on any atom is 0.00970 e. The fourth-order valence-corrected chi connectivity index (χ4v) is 1.78. The highest BCUT2D eigenvalue weighted by molar-refractivity contribution is 4.70. The summed E-state index contributed by atoms with van der Waals surface area (Å²) in [5.41, 5.74) is 0.244. The Morgan fingerprint density at radius 1 is 1.06 bits per heavy atom. The third-order valence-corrected chi connectivity index (χ3v) is 2.93. The second kappa shape index (κ2) is 9.00. The van der Waals surface area contributed by atoms with E-state index in [0.29, 0.717) is 0 Å². The van der Waals surface area contributed by atoms with Gasteiger partial charge in [-0.1, -0.05) is 33.1 Å². The van der Waals surface area contributed by atoms with Crippen molar-refractivity contribution in [3.63, 3.8) is 0 Å². The Morgan fingerprint density at radius 3 is 2.25 bits per heavy atom. The molecule has 0 aromatic heterocycles. The molecule has 2 N–H and O–H groups in total. The van der Waals surface area contributed by atoms with Crippen molar-refractivity contribution in [2.75, 3.05) is 19.6 Å². The van der Waals surface area contributed by atoms with Crippen LogP contribution in [-0.2, 0) is 0 Å². The largest absolute Gasteiger partial charge is 0.315 e. The van der Waals surface area contributed by atoms with E-state index in [1.807, 2.05) is 0 Å². The molecule has 0 aliphatic heterocycles. The van der Waals surface area contributed by atoms with Crippen LogP contribution in [0.5, 0.6) is 0 Å². The fraction of sp³-hybridized carbons (Fsp3) is 1.00. The van der Waals surface area contributed by atoms with Crippen LogP contribution in [0.2, 0.25) is 0 Å². The predicted molar refractivity (Wildman–Crippen MR) is 73.9 cm³/mol. The zero-order valence-corrected chi connectivity index (χ0v) is 12.0. The standard InChI is InChI=1S/C14H32N2/c1-6-8-9-13(7-2)12-15-10-11-16-14(3,4)5/h13,15-16H,6-12H2,1-5H3. The van der Waals surface area contributed by atoms with Crippen LogP contribution in [-0.4, -0.2) is 25.2 Å². The molecule has 16 heavy (non-hydrogen) atoms. The summed E-state index contributed by atoms with van der Waals surface area (Å²) < 4.78 is 0. The van der Waals surface area contributed by atoms with Crippen molar-refractivity contribution in [3.8, 4) is 0 Å². The molecule has 1 atom stereocenters. The van der Waals surface area contributed by atoms with Gasteiger partial charge < -0.3 is 10.6 Å². The van der Waals surface area contributed by atoms with Gasteiger partial charge in [0.15, 0.2) is 0 Å². The summed E-state index contributed by atoms with van der Waals surface area (Å²) in [4.78, 5) is 0. The molecule has 0 aromatic carbocycles. The molecule has 0 rings (SSSR count). The van der Waals surface area contributed by atoms with Crippen LogP contribution in [0.15, 0.2) is 0 Å². The van der Waals surface area contributed by atoms with Crippen molar-refractivity contribution >= 4 is 0 Å². The first kappa shape index (κ1) is 15.9. The van der Waals surface area contributed by atoms with Gasteiger partial charge in [0.2, 0.25) is 0 Å². The Kier molecular flexibility index (Phi) is 8.96. The minimum atomic E-state index is 0.244. The molecule has 0 spiro atoms. The molecule has 0 aliphatic rings. The second-order valence-electron chi connectivity index (χ2n) is 5.80. The average molecular weight is 228 g/mol. The third kappa shape index (κ3) is 10.4. The molecule has 0 aromatic rings. The molecule has 0 saturated carbocycles. The lowest BCUT2D eigenvalue weighted by Crippen LogP contribution is -2.40. The van der Waals surface area contributed by atoms with E-state index < -0.39 is 0 Å². The average Bonchev–Trinajstić information content (AvgIpc) is 2.20. The summed E-state index contributed by atoms with van der Waals surface area (Å²) in [6.45, 7) is 14.5. The van der Waals surface area contributed by atoms with Crippen LogP contribution in [0.1, 0.15) is 60.3 Å². The van der Waals surface area contributed by atoms with Crippen LogP contribution in [0.25, 0.3) is 0 Å². The van der Waals surface area contributed by atoms with Crippen molar-refractivity contribution < 1.29 is 0 Å². The van der Waals surface area contributed by atoms with E-state index in [1.54, 1.807) is 0 Å². The van der Waals surface area contributed by atoms with Gasteiger partial charge >= 0.3 is 0 Å². The van der Waals surface area contributed by atoms with Gasteiger partial charge in [-0.05, 0) is 39.7 Å². The van der Waals surface area contributed by atoms with Gasteiger partial charge in [0.25, 0.3) is 0 Å². The smallest absolute Gasteiger partial charge is 0.00970 e. The second-order valence-corrected chi connectivity index (χ2v) is 5.80. The molecule has 1 unspecified atom stereocenters. The maximum absolute atomic E-state index is 3.56. The maximum atomic E-state index is 3.56. The first-order chi connectivity index (χ1) is 7.49. The lowest BCUT2D eigenvalue weighted by Gasteiger charge is -2.21. The van der Waals surface area contributed by atoms with Crippen molar-refractivity contribution in [1.29, 1.82) is 0 Å². The molecule has 0 aliphatic carbocycles. The van der Waals surface area contributed by atoms with Crippen molar-refractivity contribution in [2.24, 2.45) is 5.92 Å². The van der Waals surface area contributed by atoms with E-state index >= 15 is 0 Å². The number of hydrogen-bond acceptors (Lipinski definition) is 2. The van der Waals surface area contributed by atoms with Crippen LogP contribution < -0.4 is 10.6 Å². The van der Waals surface area contributed by atoms with E-state index in [4.69, 9.17) is 0 Å². The highest BCUT2D eigenvalue weighted by Crippen LogP contribution is 2.10. The lowest BCUT2D eigenvalue weighted by molar-refractivity contribution is 0.393. The van der Waals surface area contributed by atoms with Gasteiger partial charge in [-0.2, -0.15) is 0 Å². The van der Waals surface area contributed by atoms with E-state index in [-0.39, 0.29) is 5.54 Å². The molecule has 2 nitrogen and oxygen atoms in total. The van der Waals surface area contributed by atoms with Crippen molar-refractivity contribution in [1.82, 2.24) is 10.6 Å². The first-order valence-corrected chi connectivity index (χ1v) is 6.95. The number of hydrogen-bond donors (Lipinski definition) is 2. The number of unbranched alkanes of at least 4 members (excludes halogenated alkanes) is 1. The Morgan fingerprint density at radius 2 is 1.75 bits per heavy atom. The summed E-state index contributed by atoms with van der Waals surface area (Å²) in [5.74, 6) is 0.870. The molecule has 0 fully saturated rings. The first-order valence-electron chi connectivity index (χ1n) is 6.95. The molecule has 0 radical (unpaired) electrons. The Hall–Kier alpha value is -0.0800. The predicted octanol–water partition coefficient (Wildman–Crippen LogP) is 3.18. The third-order valence-electron chi connectivity index (χ3n) is 2.93. The highest BCUT2D eigenvalue weighted by atomic mass is 15.0. The molecule has 0 saturated heterocycles. The highest BCUT2D eigenvalue weighted by Gasteiger charge is 2.08. The van der Waals surface area contributed by atoms with Gasteiger partial charge in [-0.25, -0.2) is 0 Å². The summed E-state index contributed by atoms with van der Waals surface area (Å²) in [5, 5.41) is 7.05. The van der Waals surface area contributed by atoms with Gasteiger partial charge in [0, 0.05) is 18.6 Å². The monoisotopic (exact) mass is 228 g/mol. The van der Waals surface area contributed by atoms with Crippen LogP contribution in [0, 0.1) is 5.92 Å². The zero-order chi connectivity index (χ0) is 12.4. The molecule has 98 valence electrons. The quantitative estimate of drug-likeness (QED) is 0.592. The van der Waals surface area contributed by atoms with Gasteiger partial charge in [-0.3, -0.25) is 0 Å². The molecule has 0 amide bonds. The Balaban J connectivity index is 3.41. The zero-order valence-electron chi connectivity index (χ0n) is 12.0. The fourth-order valence-electron chi connectivity index (χ4n) is 1.78. The lowest BCUT2D eigenvalue weighted by atomic mass is 9.99. The Labute approximate surface area is 103 Å². The van der Waals surface area contributed by atoms with Gasteiger partial charge in [-0.15, -0.1) is 0 Å². The molecule has 0 bridgehead atoms. The normalized spacial score (nSPS) is 14.1. The molecule has 0 heterocycles. The van der Waals surface area contributed by atoms with E-state index in [1.165, 1.54) is 32.2 Å². The van der Waals surface area contributed by atoms with E-state index in [9.17, 15) is 0 Å². The van der Waals surface area contributed by atoms with Gasteiger partial charge in [0.1, 0.15) is 0 Å². The minimum Gasteiger partial charge on any atom is -0.315 e. The SMILES string of the molecule is CCCCC(CC)CNCCNC(C)(C)C. The topological polar surface area (TPSA) is 24.1 Å². The van der Waals surface area contributed by atoms with Crippen LogP contribution in [0.4, 0.5) is 0 Å².